The van der Waals surface area contributed by atoms with Crippen molar-refractivity contribution in [3.05, 3.63) is 117 Å². The van der Waals surface area contributed by atoms with E-state index in [9.17, 15) is 9.59 Å². The van der Waals surface area contributed by atoms with Crippen molar-refractivity contribution in [2.45, 2.75) is 13.2 Å². The fourth-order valence-electron chi connectivity index (χ4n) is 3.86. The Morgan fingerprint density at radius 2 is 1.66 bits per heavy atom. The van der Waals surface area contributed by atoms with Crippen molar-refractivity contribution in [3.63, 3.8) is 0 Å². The molecular formula is C28H19Cl2NO3S. The Morgan fingerprint density at radius 3 is 2.46 bits per heavy atom. The monoisotopic (exact) mass is 519 g/mol. The molecule has 0 saturated carbocycles. The summed E-state index contributed by atoms with van der Waals surface area (Å²) in [5.74, 6) is 0.218. The van der Waals surface area contributed by atoms with Gasteiger partial charge >= 0.3 is 0 Å². The first-order valence-electron chi connectivity index (χ1n) is 10.9. The average molecular weight is 520 g/mol. The maximum Gasteiger partial charge on any atom is 0.293 e. The maximum absolute atomic E-state index is 12.8. The normalized spacial score (nSPS) is 14.8. The molecule has 1 aliphatic heterocycles. The minimum absolute atomic E-state index is 0.195. The molecule has 7 heteroatoms. The third-order valence-corrected chi connectivity index (χ3v) is 7.10. The number of benzene rings is 4. The number of nitrogens with zero attached hydrogens (tertiary/aromatic N) is 1. The van der Waals surface area contributed by atoms with E-state index >= 15 is 0 Å². The summed E-state index contributed by atoms with van der Waals surface area (Å²) in [6.07, 6.45) is 1.67. The zero-order valence-corrected chi connectivity index (χ0v) is 20.7. The summed E-state index contributed by atoms with van der Waals surface area (Å²) in [5, 5.41) is 3.01. The summed E-state index contributed by atoms with van der Waals surface area (Å²) < 4.78 is 5.99. The van der Waals surface area contributed by atoms with Crippen molar-refractivity contribution in [3.8, 4) is 5.75 Å². The van der Waals surface area contributed by atoms with E-state index in [0.717, 1.165) is 33.7 Å². The molecule has 1 heterocycles. The van der Waals surface area contributed by atoms with Gasteiger partial charge in [-0.1, -0.05) is 83.9 Å². The fraction of sp³-hybridized carbons (Fsp3) is 0.0714. The molecule has 5 rings (SSSR count). The summed E-state index contributed by atoms with van der Waals surface area (Å²) in [5.41, 5.74) is 2.61. The van der Waals surface area contributed by atoms with Crippen LogP contribution in [0.1, 0.15) is 16.7 Å². The average Bonchev–Trinajstić information content (AvgIpc) is 3.12. The summed E-state index contributed by atoms with van der Waals surface area (Å²) >= 11 is 13.3. The Morgan fingerprint density at radius 1 is 0.886 bits per heavy atom. The van der Waals surface area contributed by atoms with Gasteiger partial charge < -0.3 is 4.74 Å². The Balaban J connectivity index is 1.29. The third kappa shape index (κ3) is 5.22. The molecule has 1 aliphatic rings. The minimum Gasteiger partial charge on any atom is -0.487 e. The first-order chi connectivity index (χ1) is 17.0. The minimum atomic E-state index is -0.331. The number of halogens is 2. The Bertz CT molecular complexity index is 1460. The number of ether oxygens (including phenoxy) is 1. The molecule has 1 saturated heterocycles. The highest BCUT2D eigenvalue weighted by Crippen LogP contribution is 2.35. The number of amides is 2. The van der Waals surface area contributed by atoms with Crippen LogP contribution >= 0.6 is 35.0 Å². The van der Waals surface area contributed by atoms with Crippen molar-refractivity contribution in [1.82, 2.24) is 4.90 Å². The largest absolute Gasteiger partial charge is 0.487 e. The molecule has 4 aromatic carbocycles. The number of hydrogen-bond acceptors (Lipinski definition) is 4. The van der Waals surface area contributed by atoms with Gasteiger partial charge in [-0.25, -0.2) is 0 Å². The van der Waals surface area contributed by atoms with Crippen LogP contribution in [0, 0.1) is 0 Å². The number of imide groups is 1. The van der Waals surface area contributed by atoms with Gasteiger partial charge in [-0.15, -0.1) is 0 Å². The van der Waals surface area contributed by atoms with Crippen LogP contribution in [-0.4, -0.2) is 16.0 Å². The van der Waals surface area contributed by atoms with E-state index in [1.165, 1.54) is 4.90 Å². The smallest absolute Gasteiger partial charge is 0.293 e. The zero-order chi connectivity index (χ0) is 24.4. The maximum atomic E-state index is 12.8. The number of rotatable bonds is 6. The standard InChI is InChI=1S/C28H19Cl2NO3S/c29-22-11-8-18(9-12-22)16-31-27(32)26(35-28(31)33)15-19-10-13-25(24(30)14-19)34-17-21-6-3-5-20-4-1-2-7-23(20)21/h1-15H,16-17H2/b26-15-. The molecule has 0 spiro atoms. The Hall–Kier alpha value is -3.25. The summed E-state index contributed by atoms with van der Waals surface area (Å²) in [6.45, 7) is 0.574. The number of carbonyl (C=O) groups excluding carboxylic acids is 2. The van der Waals surface area contributed by atoms with E-state index in [1.807, 2.05) is 30.3 Å². The third-order valence-electron chi connectivity index (χ3n) is 5.64. The first kappa shape index (κ1) is 23.5. The number of hydrogen-bond donors (Lipinski definition) is 0. The van der Waals surface area contributed by atoms with Crippen LogP contribution in [-0.2, 0) is 17.9 Å². The van der Waals surface area contributed by atoms with E-state index in [4.69, 9.17) is 27.9 Å². The van der Waals surface area contributed by atoms with E-state index in [2.05, 4.69) is 18.2 Å². The van der Waals surface area contributed by atoms with Gasteiger partial charge in [0.15, 0.2) is 0 Å². The molecule has 0 unspecified atom stereocenters. The molecule has 4 aromatic rings. The molecule has 2 amide bonds. The van der Waals surface area contributed by atoms with Crippen molar-refractivity contribution in [2.75, 3.05) is 0 Å². The summed E-state index contributed by atoms with van der Waals surface area (Å²) in [7, 11) is 0. The molecule has 0 bridgehead atoms. The first-order valence-corrected chi connectivity index (χ1v) is 12.4. The van der Waals surface area contributed by atoms with Crippen molar-refractivity contribution in [1.29, 1.82) is 0 Å². The van der Waals surface area contributed by atoms with Crippen LogP contribution in [0.25, 0.3) is 16.8 Å². The van der Waals surface area contributed by atoms with Crippen LogP contribution in [0.3, 0.4) is 0 Å². The fourth-order valence-corrected chi connectivity index (χ4v) is 5.07. The van der Waals surface area contributed by atoms with Crippen LogP contribution in [0.5, 0.6) is 5.75 Å². The van der Waals surface area contributed by atoms with Gasteiger partial charge in [-0.3, -0.25) is 14.5 Å². The van der Waals surface area contributed by atoms with E-state index in [0.29, 0.717) is 32.9 Å². The van der Waals surface area contributed by atoms with E-state index < -0.39 is 0 Å². The Labute approximate surface area is 217 Å². The lowest BCUT2D eigenvalue weighted by Crippen LogP contribution is -2.27. The second-order valence-electron chi connectivity index (χ2n) is 8.01. The molecule has 0 radical (unpaired) electrons. The van der Waals surface area contributed by atoms with Crippen LogP contribution in [0.15, 0.2) is 89.8 Å². The van der Waals surface area contributed by atoms with Gasteiger partial charge in [0.25, 0.3) is 11.1 Å². The molecule has 0 aromatic heterocycles. The predicted molar refractivity (Wildman–Crippen MR) is 143 cm³/mol. The lowest BCUT2D eigenvalue weighted by Gasteiger charge is -2.12. The number of thioether (sulfide) groups is 1. The van der Waals surface area contributed by atoms with Gasteiger partial charge in [-0.05, 0) is 69.6 Å². The molecule has 1 fully saturated rings. The van der Waals surface area contributed by atoms with E-state index in [1.54, 1.807) is 42.5 Å². The lowest BCUT2D eigenvalue weighted by molar-refractivity contribution is -0.123. The SMILES string of the molecule is O=C1S/C(=C\c2ccc(OCc3cccc4ccccc34)c(Cl)c2)C(=O)N1Cc1ccc(Cl)cc1. The molecular weight excluding hydrogens is 501 g/mol. The molecule has 0 N–H and O–H groups in total. The van der Waals surface area contributed by atoms with Crippen LogP contribution < -0.4 is 4.74 Å². The van der Waals surface area contributed by atoms with Gasteiger partial charge in [0.1, 0.15) is 12.4 Å². The van der Waals surface area contributed by atoms with Crippen LogP contribution in [0.4, 0.5) is 4.79 Å². The molecule has 0 aliphatic carbocycles. The highest BCUT2D eigenvalue weighted by atomic mass is 35.5. The molecule has 174 valence electrons. The quantitative estimate of drug-likeness (QED) is 0.242. The van der Waals surface area contributed by atoms with Crippen molar-refractivity contribution >= 4 is 63.0 Å². The highest BCUT2D eigenvalue weighted by Gasteiger charge is 2.35. The molecule has 4 nitrogen and oxygen atoms in total. The second kappa shape index (κ2) is 10.2. The van der Waals surface area contributed by atoms with E-state index in [-0.39, 0.29) is 17.7 Å². The van der Waals surface area contributed by atoms with Gasteiger partial charge in [-0.2, -0.15) is 0 Å². The number of fused-ring (bicyclic) bond motifs is 1. The second-order valence-corrected chi connectivity index (χ2v) is 9.85. The molecule has 0 atom stereocenters. The zero-order valence-electron chi connectivity index (χ0n) is 18.4. The van der Waals surface area contributed by atoms with Crippen LogP contribution in [0.2, 0.25) is 10.0 Å². The summed E-state index contributed by atoms with van der Waals surface area (Å²) in [4.78, 5) is 26.9. The topological polar surface area (TPSA) is 46.6 Å². The predicted octanol–water partition coefficient (Wildman–Crippen LogP) is 7.96. The van der Waals surface area contributed by atoms with Gasteiger partial charge in [0.05, 0.1) is 16.5 Å². The van der Waals surface area contributed by atoms with Crippen molar-refractivity contribution < 1.29 is 14.3 Å². The van der Waals surface area contributed by atoms with Gasteiger partial charge in [0.2, 0.25) is 0 Å². The summed E-state index contributed by atoms with van der Waals surface area (Å²) in [6, 6.07) is 26.6. The lowest BCUT2D eigenvalue weighted by atomic mass is 10.1. The van der Waals surface area contributed by atoms with Crippen molar-refractivity contribution in [2.24, 2.45) is 0 Å². The van der Waals surface area contributed by atoms with Gasteiger partial charge in [0, 0.05) is 5.02 Å². The number of carbonyl (C=O) groups is 2. The highest BCUT2D eigenvalue weighted by molar-refractivity contribution is 8.18. The molecule has 35 heavy (non-hydrogen) atoms. The Kier molecular flexibility index (Phi) is 6.82.